The Morgan fingerprint density at radius 3 is 2.36 bits per heavy atom. The molecule has 1 aromatic rings. The van der Waals surface area contributed by atoms with E-state index < -0.39 is 28.2 Å². The van der Waals surface area contributed by atoms with Gasteiger partial charge in [0.15, 0.2) is 9.84 Å². The van der Waals surface area contributed by atoms with Gasteiger partial charge < -0.3 is 14.6 Å². The van der Waals surface area contributed by atoms with E-state index in [1.54, 1.807) is 12.3 Å². The van der Waals surface area contributed by atoms with Crippen molar-refractivity contribution >= 4 is 22.4 Å². The molecule has 0 aliphatic carbocycles. The maximum absolute atomic E-state index is 12.8. The number of piperidine rings is 1. The fourth-order valence-electron chi connectivity index (χ4n) is 3.17. The number of aromatic nitrogens is 1. The Hall–Kier alpha value is -0.955. The molecule has 0 unspecified atom stereocenters. The zero-order valence-electron chi connectivity index (χ0n) is 15.4. The second-order valence-corrected chi connectivity index (χ2v) is 10.1. The molecule has 2 fully saturated rings. The molecule has 2 saturated heterocycles. The average Bonchev–Trinajstić information content (AvgIpc) is 2.76. The second-order valence-electron chi connectivity index (χ2n) is 8.02. The highest BCUT2D eigenvalue weighted by Crippen LogP contribution is 2.36. The van der Waals surface area contributed by atoms with E-state index in [9.17, 15) is 8.42 Å². The van der Waals surface area contributed by atoms with Gasteiger partial charge in [-0.3, -0.25) is 4.98 Å². The average molecular weight is 366 g/mol. The summed E-state index contributed by atoms with van der Waals surface area (Å²) in [6.07, 6.45) is 4.82. The molecule has 25 heavy (non-hydrogen) atoms. The van der Waals surface area contributed by atoms with Gasteiger partial charge in [0.1, 0.15) is 0 Å². The van der Waals surface area contributed by atoms with Crippen LogP contribution >= 0.6 is 0 Å². The molecule has 0 radical (unpaired) electrons. The lowest BCUT2D eigenvalue weighted by Gasteiger charge is -2.32. The largest absolute Gasteiger partial charge is 0.496 e. The minimum absolute atomic E-state index is 0.170. The molecule has 2 aliphatic rings. The summed E-state index contributed by atoms with van der Waals surface area (Å²) in [4.78, 5) is 4.38. The van der Waals surface area contributed by atoms with Gasteiger partial charge >= 0.3 is 7.12 Å². The fraction of sp³-hybridized carbons (Fsp3) is 0.706. The Kier molecular flexibility index (Phi) is 5.01. The predicted molar refractivity (Wildman–Crippen MR) is 97.6 cm³/mol. The van der Waals surface area contributed by atoms with E-state index >= 15 is 0 Å². The van der Waals surface area contributed by atoms with Gasteiger partial charge in [0.05, 0.1) is 21.9 Å². The van der Waals surface area contributed by atoms with Crippen LogP contribution in [-0.4, -0.2) is 50.6 Å². The third-order valence-electron chi connectivity index (χ3n) is 5.53. The molecule has 3 heterocycles. The third-order valence-corrected chi connectivity index (χ3v) is 7.38. The summed E-state index contributed by atoms with van der Waals surface area (Å²) in [5.41, 5.74) is -0.298. The van der Waals surface area contributed by atoms with Crippen LogP contribution in [0.4, 0.5) is 0 Å². The van der Waals surface area contributed by atoms with E-state index in [1.807, 2.05) is 27.7 Å². The summed E-state index contributed by atoms with van der Waals surface area (Å²) >= 11 is 0. The number of pyridine rings is 1. The molecular weight excluding hydrogens is 339 g/mol. The van der Waals surface area contributed by atoms with E-state index in [-0.39, 0.29) is 16.6 Å². The van der Waals surface area contributed by atoms with Crippen LogP contribution in [0.2, 0.25) is 0 Å². The topological polar surface area (TPSA) is 77.5 Å². The van der Waals surface area contributed by atoms with E-state index in [0.29, 0.717) is 5.46 Å². The quantitative estimate of drug-likeness (QED) is 0.806. The van der Waals surface area contributed by atoms with Gasteiger partial charge in [0.2, 0.25) is 0 Å². The lowest BCUT2D eigenvalue weighted by Crippen LogP contribution is -2.41. The van der Waals surface area contributed by atoms with Gasteiger partial charge in [-0.1, -0.05) is 0 Å². The van der Waals surface area contributed by atoms with Crippen LogP contribution in [0.5, 0.6) is 0 Å². The van der Waals surface area contributed by atoms with Crippen molar-refractivity contribution in [3.8, 4) is 0 Å². The van der Waals surface area contributed by atoms with Gasteiger partial charge in [0, 0.05) is 17.9 Å². The maximum atomic E-state index is 12.8. The van der Waals surface area contributed by atoms with Gasteiger partial charge in [-0.2, -0.15) is 0 Å². The first kappa shape index (κ1) is 18.8. The maximum Gasteiger partial charge on any atom is 0.496 e. The summed E-state index contributed by atoms with van der Waals surface area (Å²) in [6, 6.07) is 1.64. The van der Waals surface area contributed by atoms with Crippen LogP contribution < -0.4 is 10.8 Å². The standard InChI is InChI=1S/C17H27BN2O4S/c1-16(2)17(3,4)24-18(23-16)14-9-15(11-20-10-14)25(21,22)12-13-5-7-19-8-6-13/h9-11,13,19H,5-8,12H2,1-4H3. The van der Waals surface area contributed by atoms with Gasteiger partial charge in [-0.05, 0) is 65.6 Å². The van der Waals surface area contributed by atoms with Crippen molar-refractivity contribution in [1.82, 2.24) is 10.3 Å². The van der Waals surface area contributed by atoms with Crippen molar-refractivity contribution in [3.63, 3.8) is 0 Å². The molecule has 2 aliphatic heterocycles. The Morgan fingerprint density at radius 1 is 1.16 bits per heavy atom. The van der Waals surface area contributed by atoms with Crippen LogP contribution in [-0.2, 0) is 19.1 Å². The fourth-order valence-corrected chi connectivity index (χ4v) is 4.85. The van der Waals surface area contributed by atoms with Crippen molar-refractivity contribution in [3.05, 3.63) is 18.5 Å². The monoisotopic (exact) mass is 366 g/mol. The second kappa shape index (κ2) is 6.65. The Balaban J connectivity index is 1.80. The number of nitrogens with zero attached hydrogens (tertiary/aromatic N) is 1. The summed E-state index contributed by atoms with van der Waals surface area (Å²) in [7, 11) is -3.98. The third kappa shape index (κ3) is 3.92. The highest BCUT2D eigenvalue weighted by molar-refractivity contribution is 7.91. The minimum atomic E-state index is -3.37. The van der Waals surface area contributed by atoms with Gasteiger partial charge in [-0.25, -0.2) is 8.42 Å². The predicted octanol–water partition coefficient (Wildman–Crippen LogP) is 1.15. The van der Waals surface area contributed by atoms with Crippen LogP contribution in [0.15, 0.2) is 23.4 Å². The Morgan fingerprint density at radius 2 is 1.76 bits per heavy atom. The van der Waals surface area contributed by atoms with E-state index in [0.717, 1.165) is 25.9 Å². The van der Waals surface area contributed by atoms with E-state index in [2.05, 4.69) is 10.3 Å². The molecule has 1 N–H and O–H groups in total. The van der Waals surface area contributed by atoms with Gasteiger partial charge in [0.25, 0.3) is 0 Å². The number of nitrogens with one attached hydrogen (secondary N) is 1. The highest BCUT2D eigenvalue weighted by atomic mass is 32.2. The number of hydrogen-bond donors (Lipinski definition) is 1. The van der Waals surface area contributed by atoms with Crippen molar-refractivity contribution in [2.75, 3.05) is 18.8 Å². The summed E-state index contributed by atoms with van der Waals surface area (Å²) in [6.45, 7) is 9.64. The molecule has 0 saturated carbocycles. The van der Waals surface area contributed by atoms with Crippen molar-refractivity contribution in [2.24, 2.45) is 5.92 Å². The molecule has 0 aromatic carbocycles. The number of hydrogen-bond acceptors (Lipinski definition) is 6. The Bertz CT molecular complexity index is 714. The summed E-state index contributed by atoms with van der Waals surface area (Å²) < 4.78 is 37.6. The lowest BCUT2D eigenvalue weighted by atomic mass is 9.80. The van der Waals surface area contributed by atoms with Gasteiger partial charge in [-0.15, -0.1) is 0 Å². The normalized spacial score (nSPS) is 23.8. The minimum Gasteiger partial charge on any atom is -0.399 e. The zero-order chi connectivity index (χ0) is 18.3. The first-order valence-electron chi connectivity index (χ1n) is 8.85. The summed E-state index contributed by atoms with van der Waals surface area (Å²) in [5.74, 6) is 0.371. The van der Waals surface area contributed by atoms with Crippen LogP contribution in [0.1, 0.15) is 40.5 Å². The lowest BCUT2D eigenvalue weighted by molar-refractivity contribution is 0.00578. The molecule has 1 aromatic heterocycles. The van der Waals surface area contributed by atoms with E-state index in [1.165, 1.54) is 6.20 Å². The number of sulfone groups is 1. The van der Waals surface area contributed by atoms with Crippen LogP contribution in [0.25, 0.3) is 0 Å². The van der Waals surface area contributed by atoms with Crippen molar-refractivity contribution in [2.45, 2.75) is 56.6 Å². The number of rotatable bonds is 4. The van der Waals surface area contributed by atoms with Crippen LogP contribution in [0, 0.1) is 5.92 Å². The molecule has 3 rings (SSSR count). The van der Waals surface area contributed by atoms with Crippen molar-refractivity contribution < 1.29 is 17.7 Å². The molecule has 8 heteroatoms. The zero-order valence-corrected chi connectivity index (χ0v) is 16.2. The van der Waals surface area contributed by atoms with Crippen molar-refractivity contribution in [1.29, 1.82) is 0 Å². The molecule has 138 valence electrons. The first-order chi connectivity index (χ1) is 11.6. The molecule has 0 amide bonds. The highest BCUT2D eigenvalue weighted by Gasteiger charge is 2.52. The van der Waals surface area contributed by atoms with Crippen LogP contribution in [0.3, 0.4) is 0 Å². The van der Waals surface area contributed by atoms with E-state index in [4.69, 9.17) is 9.31 Å². The molecule has 0 spiro atoms. The molecular formula is C17H27BN2O4S. The smallest absolute Gasteiger partial charge is 0.399 e. The SMILES string of the molecule is CC1(C)OB(c2cncc(S(=O)(=O)CC3CCNCC3)c2)OC1(C)C. The molecule has 0 bridgehead atoms. The Labute approximate surface area is 150 Å². The first-order valence-corrected chi connectivity index (χ1v) is 10.5. The molecule has 0 atom stereocenters. The summed E-state index contributed by atoms with van der Waals surface area (Å²) in [5, 5.41) is 3.26. The molecule has 6 nitrogen and oxygen atoms in total.